The Balaban J connectivity index is 1.67. The first-order valence-electron chi connectivity index (χ1n) is 6.55. The summed E-state index contributed by atoms with van der Waals surface area (Å²) in [5, 5.41) is 13.5. The molecule has 4 heteroatoms. The Hall–Kier alpha value is -2.12. The summed E-state index contributed by atoms with van der Waals surface area (Å²) in [6, 6.07) is 12.8. The summed E-state index contributed by atoms with van der Waals surface area (Å²) >= 11 is 0. The molecule has 0 saturated carbocycles. The van der Waals surface area contributed by atoms with Crippen molar-refractivity contribution in [1.29, 1.82) is 5.26 Å². The third kappa shape index (κ3) is 2.38. The van der Waals surface area contributed by atoms with Gasteiger partial charge in [0.15, 0.2) is 6.17 Å². The number of benzene rings is 1. The van der Waals surface area contributed by atoms with Gasteiger partial charge in [0.25, 0.3) is 0 Å². The minimum atomic E-state index is -0.0445. The van der Waals surface area contributed by atoms with Gasteiger partial charge in [-0.05, 0) is 18.1 Å². The van der Waals surface area contributed by atoms with Crippen LogP contribution in [-0.2, 0) is 6.42 Å². The van der Waals surface area contributed by atoms with Gasteiger partial charge in [0.2, 0.25) is 0 Å². The average molecular weight is 252 g/mol. The van der Waals surface area contributed by atoms with Crippen molar-refractivity contribution in [3.8, 4) is 6.07 Å². The summed E-state index contributed by atoms with van der Waals surface area (Å²) in [7, 11) is 0. The van der Waals surface area contributed by atoms with E-state index in [2.05, 4.69) is 45.3 Å². The van der Waals surface area contributed by atoms with Crippen molar-refractivity contribution in [2.24, 2.45) is 10.9 Å². The molecular weight excluding hydrogens is 236 g/mol. The van der Waals surface area contributed by atoms with Crippen LogP contribution in [0.3, 0.4) is 0 Å². The van der Waals surface area contributed by atoms with E-state index >= 15 is 0 Å². The highest BCUT2D eigenvalue weighted by Gasteiger charge is 2.38. The third-order valence-electron chi connectivity index (χ3n) is 3.60. The summed E-state index contributed by atoms with van der Waals surface area (Å²) in [4.78, 5) is 4.40. The second-order valence-corrected chi connectivity index (χ2v) is 4.82. The van der Waals surface area contributed by atoms with Crippen LogP contribution in [0.5, 0.6) is 0 Å². The molecule has 0 amide bonds. The fourth-order valence-electron chi connectivity index (χ4n) is 2.60. The molecule has 0 spiro atoms. The van der Waals surface area contributed by atoms with Gasteiger partial charge < -0.3 is 0 Å². The lowest BCUT2D eigenvalue weighted by molar-refractivity contribution is 0.0519. The van der Waals surface area contributed by atoms with Gasteiger partial charge in [-0.2, -0.15) is 5.26 Å². The number of allylic oxidation sites excluding steroid dienone is 1. The number of aliphatic imine (C=N–C) groups is 1. The van der Waals surface area contributed by atoms with Gasteiger partial charge in [-0.1, -0.05) is 30.3 Å². The molecule has 0 bridgehead atoms. The Bertz CT molecular complexity index is 529. The molecule has 3 rings (SSSR count). The standard InChI is InChI=1S/C15H16N4/c16-11-14-12-18(19-9-4-8-17-15(14)19)10-7-13-5-2-1-3-6-13/h1-6,8-9,14-15H,7,10,12H2. The van der Waals surface area contributed by atoms with Crippen molar-refractivity contribution < 1.29 is 0 Å². The van der Waals surface area contributed by atoms with E-state index in [9.17, 15) is 5.26 Å². The quantitative estimate of drug-likeness (QED) is 0.824. The van der Waals surface area contributed by atoms with Gasteiger partial charge in [-0.15, -0.1) is 0 Å². The molecule has 1 fully saturated rings. The van der Waals surface area contributed by atoms with Crippen LogP contribution in [0.25, 0.3) is 0 Å². The normalized spacial score (nSPS) is 25.3. The van der Waals surface area contributed by atoms with E-state index in [0.717, 1.165) is 19.5 Å². The first-order valence-corrected chi connectivity index (χ1v) is 6.55. The van der Waals surface area contributed by atoms with E-state index in [1.807, 2.05) is 18.3 Å². The Labute approximate surface area is 113 Å². The minimum absolute atomic E-state index is 0.0363. The van der Waals surface area contributed by atoms with E-state index in [1.54, 1.807) is 6.21 Å². The van der Waals surface area contributed by atoms with E-state index in [0.29, 0.717) is 0 Å². The molecule has 19 heavy (non-hydrogen) atoms. The summed E-state index contributed by atoms with van der Waals surface area (Å²) in [6.45, 7) is 1.67. The summed E-state index contributed by atoms with van der Waals surface area (Å²) in [6.07, 6.45) is 6.67. The molecule has 2 unspecified atom stereocenters. The molecule has 1 aromatic rings. The van der Waals surface area contributed by atoms with Gasteiger partial charge >= 0.3 is 0 Å². The first-order chi connectivity index (χ1) is 9.38. The minimum Gasteiger partial charge on any atom is -0.287 e. The molecule has 0 aliphatic carbocycles. The monoisotopic (exact) mass is 252 g/mol. The zero-order chi connectivity index (χ0) is 13.1. The first kappa shape index (κ1) is 11.9. The molecule has 2 aliphatic rings. The van der Waals surface area contributed by atoms with Crippen molar-refractivity contribution in [3.05, 3.63) is 48.2 Å². The number of nitrogens with zero attached hydrogens (tertiary/aromatic N) is 4. The molecule has 2 atom stereocenters. The van der Waals surface area contributed by atoms with Gasteiger partial charge in [0, 0.05) is 25.5 Å². The number of hydrogen-bond donors (Lipinski definition) is 0. The maximum absolute atomic E-state index is 9.21. The van der Waals surface area contributed by atoms with Crippen molar-refractivity contribution >= 4 is 6.21 Å². The van der Waals surface area contributed by atoms with Gasteiger partial charge in [0.1, 0.15) is 5.92 Å². The van der Waals surface area contributed by atoms with E-state index < -0.39 is 0 Å². The molecule has 2 heterocycles. The highest BCUT2D eigenvalue weighted by atomic mass is 15.7. The summed E-state index contributed by atoms with van der Waals surface area (Å²) in [5.74, 6) is -0.0445. The van der Waals surface area contributed by atoms with Crippen molar-refractivity contribution in [3.63, 3.8) is 0 Å². The lowest BCUT2D eigenvalue weighted by atomic mass is 10.1. The molecule has 0 radical (unpaired) electrons. The molecule has 96 valence electrons. The van der Waals surface area contributed by atoms with Gasteiger partial charge in [-0.25, -0.2) is 5.01 Å². The van der Waals surface area contributed by atoms with E-state index in [1.165, 1.54) is 5.56 Å². The highest BCUT2D eigenvalue weighted by Crippen LogP contribution is 2.26. The Morgan fingerprint density at radius 2 is 2.16 bits per heavy atom. The van der Waals surface area contributed by atoms with Crippen LogP contribution in [-0.4, -0.2) is 35.5 Å². The van der Waals surface area contributed by atoms with E-state index in [4.69, 9.17) is 0 Å². The Kier molecular flexibility index (Phi) is 3.30. The SMILES string of the molecule is N#CC1CN(CCc2ccccc2)N2C=CC=NC12. The number of nitriles is 1. The fourth-order valence-corrected chi connectivity index (χ4v) is 2.60. The van der Waals surface area contributed by atoms with Crippen LogP contribution >= 0.6 is 0 Å². The molecular formula is C15H16N4. The van der Waals surface area contributed by atoms with Crippen LogP contribution in [0, 0.1) is 17.2 Å². The lowest BCUT2D eigenvalue weighted by Crippen LogP contribution is -2.38. The number of hydrazine groups is 1. The second-order valence-electron chi connectivity index (χ2n) is 4.82. The van der Waals surface area contributed by atoms with Crippen LogP contribution in [0.15, 0.2) is 47.6 Å². The van der Waals surface area contributed by atoms with Crippen molar-refractivity contribution in [2.45, 2.75) is 12.6 Å². The molecule has 1 aromatic carbocycles. The topological polar surface area (TPSA) is 42.6 Å². The van der Waals surface area contributed by atoms with Crippen LogP contribution < -0.4 is 0 Å². The van der Waals surface area contributed by atoms with Gasteiger partial charge in [-0.3, -0.25) is 10.0 Å². The maximum atomic E-state index is 9.21. The van der Waals surface area contributed by atoms with E-state index in [-0.39, 0.29) is 12.1 Å². The maximum Gasteiger partial charge on any atom is 0.152 e. The van der Waals surface area contributed by atoms with Crippen LogP contribution in [0.4, 0.5) is 0 Å². The predicted molar refractivity (Wildman–Crippen MR) is 74.1 cm³/mol. The second kappa shape index (κ2) is 5.25. The Morgan fingerprint density at radius 1 is 1.32 bits per heavy atom. The molecule has 0 aromatic heterocycles. The summed E-state index contributed by atoms with van der Waals surface area (Å²) < 4.78 is 0. The number of rotatable bonds is 3. The van der Waals surface area contributed by atoms with Crippen molar-refractivity contribution in [2.75, 3.05) is 13.1 Å². The van der Waals surface area contributed by atoms with Gasteiger partial charge in [0.05, 0.1) is 6.07 Å². The summed E-state index contributed by atoms with van der Waals surface area (Å²) in [5.41, 5.74) is 1.32. The zero-order valence-corrected chi connectivity index (χ0v) is 10.7. The molecule has 2 aliphatic heterocycles. The Morgan fingerprint density at radius 3 is 2.95 bits per heavy atom. The molecule has 0 N–H and O–H groups in total. The largest absolute Gasteiger partial charge is 0.287 e. The molecule has 4 nitrogen and oxygen atoms in total. The average Bonchev–Trinajstić information content (AvgIpc) is 2.84. The lowest BCUT2D eigenvalue weighted by Gasteiger charge is -2.30. The zero-order valence-electron chi connectivity index (χ0n) is 10.7. The smallest absolute Gasteiger partial charge is 0.152 e. The molecule has 1 saturated heterocycles. The third-order valence-corrected chi connectivity index (χ3v) is 3.60. The predicted octanol–water partition coefficient (Wildman–Crippen LogP) is 1.83. The highest BCUT2D eigenvalue weighted by molar-refractivity contribution is 5.72. The number of hydrogen-bond acceptors (Lipinski definition) is 4. The number of fused-ring (bicyclic) bond motifs is 1. The van der Waals surface area contributed by atoms with Crippen LogP contribution in [0.2, 0.25) is 0 Å². The fraction of sp³-hybridized carbons (Fsp3) is 0.333. The van der Waals surface area contributed by atoms with Crippen LogP contribution in [0.1, 0.15) is 5.56 Å². The van der Waals surface area contributed by atoms with Crippen molar-refractivity contribution in [1.82, 2.24) is 10.0 Å².